The molecule has 0 aliphatic rings. The minimum atomic E-state index is -0.745. The molecule has 1 aromatic heterocycles. The van der Waals surface area contributed by atoms with E-state index in [0.29, 0.717) is 5.75 Å². The highest BCUT2D eigenvalue weighted by Crippen LogP contribution is 2.30. The third kappa shape index (κ3) is 2.69. The number of benzene rings is 2. The fourth-order valence-corrected chi connectivity index (χ4v) is 2.12. The minimum absolute atomic E-state index is 0.436. The van der Waals surface area contributed by atoms with E-state index in [1.54, 1.807) is 6.07 Å². The highest BCUT2D eigenvalue weighted by atomic mass is 16.7. The summed E-state index contributed by atoms with van der Waals surface area (Å²) in [6.07, 6.45) is -0.745. The van der Waals surface area contributed by atoms with Gasteiger partial charge in [0.05, 0.1) is 18.3 Å². The van der Waals surface area contributed by atoms with Crippen molar-refractivity contribution in [3.8, 4) is 17.0 Å². The number of para-hydroxylation sites is 1. The second-order valence-corrected chi connectivity index (χ2v) is 4.44. The lowest BCUT2D eigenvalue weighted by Crippen LogP contribution is -2.08. The van der Waals surface area contributed by atoms with E-state index < -0.39 is 6.16 Å². The smallest absolute Gasteiger partial charge is 0.437 e. The molecule has 1 heterocycles. The van der Waals surface area contributed by atoms with E-state index in [4.69, 9.17) is 4.74 Å². The molecule has 0 aliphatic heterocycles. The third-order valence-corrected chi connectivity index (χ3v) is 3.11. The molecule has 0 spiro atoms. The highest BCUT2D eigenvalue weighted by molar-refractivity contribution is 5.89. The number of aromatic nitrogens is 1. The Morgan fingerprint density at radius 1 is 1.00 bits per heavy atom. The molecule has 0 saturated heterocycles. The van der Waals surface area contributed by atoms with Crippen LogP contribution in [0.2, 0.25) is 0 Å². The van der Waals surface area contributed by atoms with E-state index in [9.17, 15) is 4.79 Å². The van der Waals surface area contributed by atoms with Crippen LogP contribution in [0.15, 0.2) is 60.7 Å². The maximum atomic E-state index is 11.4. The second-order valence-electron chi connectivity index (χ2n) is 4.44. The van der Waals surface area contributed by atoms with Gasteiger partial charge < -0.3 is 9.47 Å². The van der Waals surface area contributed by atoms with Crippen LogP contribution in [-0.2, 0) is 4.74 Å². The SMILES string of the molecule is COC(=O)Oc1cc(-c2ccccc2)nc2ccccc12. The lowest BCUT2D eigenvalue weighted by molar-refractivity contribution is 0.122. The maximum absolute atomic E-state index is 11.4. The first-order chi connectivity index (χ1) is 10.3. The van der Waals surface area contributed by atoms with Gasteiger partial charge in [0.1, 0.15) is 5.75 Å². The molecule has 0 fully saturated rings. The summed E-state index contributed by atoms with van der Waals surface area (Å²) in [5, 5.41) is 0.766. The fourth-order valence-electron chi connectivity index (χ4n) is 2.12. The molecule has 0 unspecified atom stereocenters. The van der Waals surface area contributed by atoms with Crippen molar-refractivity contribution >= 4 is 17.1 Å². The summed E-state index contributed by atoms with van der Waals surface area (Å²) in [4.78, 5) is 16.0. The first kappa shape index (κ1) is 13.1. The highest BCUT2D eigenvalue weighted by Gasteiger charge is 2.11. The zero-order valence-corrected chi connectivity index (χ0v) is 11.4. The van der Waals surface area contributed by atoms with Crippen LogP contribution in [0, 0.1) is 0 Å². The molecule has 2 aromatic carbocycles. The summed E-state index contributed by atoms with van der Waals surface area (Å²) in [5.74, 6) is 0.436. The zero-order valence-electron chi connectivity index (χ0n) is 11.4. The molecule has 0 atom stereocenters. The molecule has 0 saturated carbocycles. The van der Waals surface area contributed by atoms with Crippen molar-refractivity contribution in [3.05, 3.63) is 60.7 Å². The van der Waals surface area contributed by atoms with E-state index in [0.717, 1.165) is 22.2 Å². The van der Waals surface area contributed by atoms with Crippen LogP contribution < -0.4 is 4.74 Å². The van der Waals surface area contributed by atoms with E-state index in [1.165, 1.54) is 7.11 Å². The lowest BCUT2D eigenvalue weighted by atomic mass is 10.1. The van der Waals surface area contributed by atoms with Gasteiger partial charge in [-0.1, -0.05) is 42.5 Å². The topological polar surface area (TPSA) is 48.4 Å². The van der Waals surface area contributed by atoms with Crippen LogP contribution in [0.3, 0.4) is 0 Å². The van der Waals surface area contributed by atoms with E-state index in [1.807, 2.05) is 54.6 Å². The Morgan fingerprint density at radius 3 is 2.48 bits per heavy atom. The number of methoxy groups -OCH3 is 1. The van der Waals surface area contributed by atoms with Crippen LogP contribution in [0.25, 0.3) is 22.2 Å². The zero-order chi connectivity index (χ0) is 14.7. The molecule has 0 bridgehead atoms. The Balaban J connectivity index is 2.17. The third-order valence-electron chi connectivity index (χ3n) is 3.11. The molecule has 4 heteroatoms. The van der Waals surface area contributed by atoms with Crippen molar-refractivity contribution in [1.29, 1.82) is 0 Å². The molecule has 3 rings (SSSR count). The number of carbonyl (C=O) groups excluding carboxylic acids is 1. The molecule has 104 valence electrons. The van der Waals surface area contributed by atoms with Gasteiger partial charge in [-0.3, -0.25) is 0 Å². The number of fused-ring (bicyclic) bond motifs is 1. The Kier molecular flexibility index (Phi) is 3.51. The summed E-state index contributed by atoms with van der Waals surface area (Å²) >= 11 is 0. The molecule has 21 heavy (non-hydrogen) atoms. The lowest BCUT2D eigenvalue weighted by Gasteiger charge is -2.09. The van der Waals surface area contributed by atoms with E-state index in [2.05, 4.69) is 9.72 Å². The Bertz CT molecular complexity index is 784. The number of rotatable bonds is 2. The van der Waals surface area contributed by atoms with Crippen LogP contribution in [-0.4, -0.2) is 18.2 Å². The average Bonchev–Trinajstić information content (AvgIpc) is 2.55. The van der Waals surface area contributed by atoms with Crippen molar-refractivity contribution in [1.82, 2.24) is 4.98 Å². The van der Waals surface area contributed by atoms with E-state index in [-0.39, 0.29) is 0 Å². The molecular weight excluding hydrogens is 266 g/mol. The minimum Gasteiger partial charge on any atom is -0.437 e. The van der Waals surface area contributed by atoms with Crippen LogP contribution in [0.1, 0.15) is 0 Å². The van der Waals surface area contributed by atoms with Gasteiger partial charge in [-0.25, -0.2) is 9.78 Å². The standard InChI is InChI=1S/C17H13NO3/c1-20-17(19)21-16-11-15(12-7-3-2-4-8-12)18-14-10-6-5-9-13(14)16/h2-11H,1H3. The normalized spacial score (nSPS) is 10.3. The molecular formula is C17H13NO3. The van der Waals surface area contributed by atoms with Crippen molar-refractivity contribution in [3.63, 3.8) is 0 Å². The number of nitrogens with zero attached hydrogens (tertiary/aromatic N) is 1. The number of hydrogen-bond donors (Lipinski definition) is 0. The van der Waals surface area contributed by atoms with Crippen molar-refractivity contribution in [2.75, 3.05) is 7.11 Å². The van der Waals surface area contributed by atoms with E-state index >= 15 is 0 Å². The first-order valence-electron chi connectivity index (χ1n) is 6.49. The number of hydrogen-bond acceptors (Lipinski definition) is 4. The summed E-state index contributed by atoms with van der Waals surface area (Å²) in [6.45, 7) is 0. The Morgan fingerprint density at radius 2 is 1.71 bits per heavy atom. The predicted octanol–water partition coefficient (Wildman–Crippen LogP) is 4.05. The second kappa shape index (κ2) is 5.63. The van der Waals surface area contributed by atoms with Gasteiger partial charge in [0, 0.05) is 17.0 Å². The van der Waals surface area contributed by atoms with Gasteiger partial charge in [-0.2, -0.15) is 0 Å². The number of pyridine rings is 1. The quantitative estimate of drug-likeness (QED) is 0.664. The van der Waals surface area contributed by atoms with Crippen LogP contribution in [0.4, 0.5) is 4.79 Å². The van der Waals surface area contributed by atoms with Gasteiger partial charge in [0.25, 0.3) is 0 Å². The molecule has 4 nitrogen and oxygen atoms in total. The van der Waals surface area contributed by atoms with Gasteiger partial charge in [-0.05, 0) is 12.1 Å². The molecule has 0 radical (unpaired) electrons. The average molecular weight is 279 g/mol. The van der Waals surface area contributed by atoms with Crippen molar-refractivity contribution in [2.24, 2.45) is 0 Å². The van der Waals surface area contributed by atoms with Gasteiger partial charge in [-0.15, -0.1) is 0 Å². The van der Waals surface area contributed by atoms with Crippen molar-refractivity contribution < 1.29 is 14.3 Å². The van der Waals surface area contributed by atoms with Gasteiger partial charge in [0.15, 0.2) is 0 Å². The maximum Gasteiger partial charge on any atom is 0.513 e. The Labute approximate surface area is 122 Å². The fraction of sp³-hybridized carbons (Fsp3) is 0.0588. The molecule has 0 amide bonds. The molecule has 0 N–H and O–H groups in total. The first-order valence-corrected chi connectivity index (χ1v) is 6.49. The predicted molar refractivity (Wildman–Crippen MR) is 80.2 cm³/mol. The monoisotopic (exact) mass is 279 g/mol. The number of carbonyl (C=O) groups is 1. The largest absolute Gasteiger partial charge is 0.513 e. The summed E-state index contributed by atoms with van der Waals surface area (Å²) in [7, 11) is 1.28. The summed E-state index contributed by atoms with van der Waals surface area (Å²) in [6, 6.07) is 19.0. The Hall–Kier alpha value is -2.88. The van der Waals surface area contributed by atoms with Crippen LogP contribution >= 0.6 is 0 Å². The number of ether oxygens (including phenoxy) is 2. The molecule has 0 aliphatic carbocycles. The summed E-state index contributed by atoms with van der Waals surface area (Å²) in [5.41, 5.74) is 2.46. The summed E-state index contributed by atoms with van der Waals surface area (Å²) < 4.78 is 9.80. The van der Waals surface area contributed by atoms with Crippen molar-refractivity contribution in [2.45, 2.75) is 0 Å². The molecule has 3 aromatic rings. The van der Waals surface area contributed by atoms with Gasteiger partial charge >= 0.3 is 6.16 Å². The van der Waals surface area contributed by atoms with Crippen LogP contribution in [0.5, 0.6) is 5.75 Å². The van der Waals surface area contributed by atoms with Gasteiger partial charge in [0.2, 0.25) is 0 Å².